The van der Waals surface area contributed by atoms with Gasteiger partial charge in [-0.15, -0.1) is 0 Å². The fraction of sp³-hybridized carbons (Fsp3) is 0.333. The largest absolute Gasteiger partial charge is 0.334 e. The van der Waals surface area contributed by atoms with Crippen LogP contribution in [0.25, 0.3) is 0 Å². The predicted molar refractivity (Wildman–Crippen MR) is 97.4 cm³/mol. The molecule has 0 aromatic heterocycles. The molecule has 4 nitrogen and oxygen atoms in total. The van der Waals surface area contributed by atoms with Crippen LogP contribution in [0.1, 0.15) is 35.4 Å². The van der Waals surface area contributed by atoms with Crippen LogP contribution in [-0.4, -0.2) is 29.8 Å². The van der Waals surface area contributed by atoms with Crippen LogP contribution >= 0.6 is 0 Å². The lowest BCUT2D eigenvalue weighted by Gasteiger charge is -2.16. The molecule has 1 aliphatic carbocycles. The molecule has 1 atom stereocenters. The number of carbonyl (C=O) groups is 2. The monoisotopic (exact) mass is 352 g/mol. The Kier molecular flexibility index (Phi) is 4.45. The maximum absolute atomic E-state index is 13.4. The molecule has 2 aromatic rings. The van der Waals surface area contributed by atoms with Crippen LogP contribution in [0.4, 0.5) is 10.1 Å². The van der Waals surface area contributed by atoms with E-state index in [2.05, 4.69) is 5.32 Å². The standard InChI is InChI=1S/C21H21FN2O2/c22-18-6-2-5-15(11-18)17-9-10-24(13-17)21(26)20(25)23-19-8-7-14-3-1-4-16(14)12-19/h2,5-8,11-12,17H,1,3-4,9-10,13H2,(H,23,25). The van der Waals surface area contributed by atoms with Gasteiger partial charge in [-0.2, -0.15) is 0 Å². The van der Waals surface area contributed by atoms with Gasteiger partial charge in [-0.05, 0) is 66.6 Å². The molecule has 134 valence electrons. The van der Waals surface area contributed by atoms with Crippen molar-refractivity contribution in [2.24, 2.45) is 0 Å². The van der Waals surface area contributed by atoms with Crippen molar-refractivity contribution in [3.05, 3.63) is 65.0 Å². The Morgan fingerprint density at radius 3 is 2.77 bits per heavy atom. The number of aryl methyl sites for hydroxylation is 2. The summed E-state index contributed by atoms with van der Waals surface area (Å²) >= 11 is 0. The minimum absolute atomic E-state index is 0.0717. The average molecular weight is 352 g/mol. The minimum Gasteiger partial charge on any atom is -0.334 e. The molecule has 1 N–H and O–H groups in total. The van der Waals surface area contributed by atoms with E-state index in [1.807, 2.05) is 24.3 Å². The van der Waals surface area contributed by atoms with E-state index in [0.717, 1.165) is 31.2 Å². The Morgan fingerprint density at radius 1 is 1.08 bits per heavy atom. The van der Waals surface area contributed by atoms with E-state index in [0.29, 0.717) is 18.8 Å². The molecular weight excluding hydrogens is 331 g/mol. The first kappa shape index (κ1) is 16.8. The Hall–Kier alpha value is -2.69. The molecule has 1 heterocycles. The Morgan fingerprint density at radius 2 is 1.92 bits per heavy atom. The fourth-order valence-corrected chi connectivity index (χ4v) is 3.96. The lowest BCUT2D eigenvalue weighted by molar-refractivity contribution is -0.142. The molecule has 1 saturated heterocycles. The first-order chi connectivity index (χ1) is 12.6. The predicted octanol–water partition coefficient (Wildman–Crippen LogP) is 3.27. The summed E-state index contributed by atoms with van der Waals surface area (Å²) in [6.45, 7) is 0.956. The Labute approximate surface area is 152 Å². The molecule has 1 fully saturated rings. The normalized spacial score (nSPS) is 18.7. The number of likely N-dealkylation sites (tertiary alicyclic amines) is 1. The second-order valence-corrected chi connectivity index (χ2v) is 7.08. The van der Waals surface area contributed by atoms with Crippen molar-refractivity contribution in [3.63, 3.8) is 0 Å². The van der Waals surface area contributed by atoms with Crippen molar-refractivity contribution in [3.8, 4) is 0 Å². The summed E-state index contributed by atoms with van der Waals surface area (Å²) in [7, 11) is 0. The summed E-state index contributed by atoms with van der Waals surface area (Å²) in [6.07, 6.45) is 3.98. The molecular formula is C21H21FN2O2. The summed E-state index contributed by atoms with van der Waals surface area (Å²) in [6, 6.07) is 12.3. The molecule has 2 aromatic carbocycles. The highest BCUT2D eigenvalue weighted by atomic mass is 19.1. The quantitative estimate of drug-likeness (QED) is 0.844. The summed E-state index contributed by atoms with van der Waals surface area (Å²) in [5.74, 6) is -1.34. The van der Waals surface area contributed by atoms with Crippen LogP contribution in [0.3, 0.4) is 0 Å². The van der Waals surface area contributed by atoms with Crippen LogP contribution in [0.2, 0.25) is 0 Å². The van der Waals surface area contributed by atoms with Gasteiger partial charge in [0.05, 0.1) is 0 Å². The van der Waals surface area contributed by atoms with Gasteiger partial charge < -0.3 is 10.2 Å². The molecule has 2 amide bonds. The van der Waals surface area contributed by atoms with Gasteiger partial charge in [0.2, 0.25) is 0 Å². The van der Waals surface area contributed by atoms with Crippen molar-refractivity contribution < 1.29 is 14.0 Å². The number of nitrogens with zero attached hydrogens (tertiary/aromatic N) is 1. The number of hydrogen-bond donors (Lipinski definition) is 1. The van der Waals surface area contributed by atoms with Gasteiger partial charge in [0, 0.05) is 24.7 Å². The van der Waals surface area contributed by atoms with Crippen LogP contribution < -0.4 is 5.32 Å². The average Bonchev–Trinajstić information content (AvgIpc) is 3.30. The maximum atomic E-state index is 13.4. The van der Waals surface area contributed by atoms with E-state index in [4.69, 9.17) is 0 Å². The molecule has 0 saturated carbocycles. The lowest BCUT2D eigenvalue weighted by Crippen LogP contribution is -2.38. The second kappa shape index (κ2) is 6.90. The van der Waals surface area contributed by atoms with Crippen molar-refractivity contribution in [1.82, 2.24) is 4.90 Å². The number of rotatable bonds is 2. The van der Waals surface area contributed by atoms with Crippen molar-refractivity contribution in [1.29, 1.82) is 0 Å². The van der Waals surface area contributed by atoms with Crippen molar-refractivity contribution >= 4 is 17.5 Å². The number of halogens is 1. The zero-order valence-corrected chi connectivity index (χ0v) is 14.5. The Bertz CT molecular complexity index is 865. The summed E-state index contributed by atoms with van der Waals surface area (Å²) in [4.78, 5) is 26.4. The molecule has 0 bridgehead atoms. The number of anilines is 1. The molecule has 0 radical (unpaired) electrons. The van der Waals surface area contributed by atoms with Gasteiger partial charge in [0.1, 0.15) is 5.82 Å². The van der Waals surface area contributed by atoms with Crippen molar-refractivity contribution in [2.75, 3.05) is 18.4 Å². The summed E-state index contributed by atoms with van der Waals surface area (Å²) in [5.41, 5.74) is 4.12. The number of benzene rings is 2. The lowest BCUT2D eigenvalue weighted by atomic mass is 9.98. The first-order valence-electron chi connectivity index (χ1n) is 9.07. The smallest absolute Gasteiger partial charge is 0.313 e. The highest BCUT2D eigenvalue weighted by Gasteiger charge is 2.31. The topological polar surface area (TPSA) is 49.4 Å². The first-order valence-corrected chi connectivity index (χ1v) is 9.07. The highest BCUT2D eigenvalue weighted by molar-refractivity contribution is 6.39. The van der Waals surface area contributed by atoms with E-state index in [-0.39, 0.29) is 11.7 Å². The van der Waals surface area contributed by atoms with Gasteiger partial charge in [0.25, 0.3) is 0 Å². The van der Waals surface area contributed by atoms with E-state index in [9.17, 15) is 14.0 Å². The molecule has 5 heteroatoms. The second-order valence-electron chi connectivity index (χ2n) is 7.08. The van der Waals surface area contributed by atoms with Gasteiger partial charge in [-0.3, -0.25) is 9.59 Å². The Balaban J connectivity index is 1.39. The van der Waals surface area contributed by atoms with E-state index in [1.165, 1.54) is 23.3 Å². The molecule has 0 spiro atoms. The third-order valence-electron chi connectivity index (χ3n) is 5.35. The van der Waals surface area contributed by atoms with E-state index in [1.54, 1.807) is 11.0 Å². The number of amides is 2. The summed E-state index contributed by atoms with van der Waals surface area (Å²) < 4.78 is 13.4. The SMILES string of the molecule is O=C(Nc1ccc2c(c1)CCC2)C(=O)N1CCC(c2cccc(F)c2)C1. The molecule has 2 aliphatic rings. The molecule has 1 unspecified atom stereocenters. The van der Waals surface area contributed by atoms with Gasteiger partial charge in [-0.25, -0.2) is 4.39 Å². The van der Waals surface area contributed by atoms with Crippen molar-refractivity contribution in [2.45, 2.75) is 31.6 Å². The van der Waals surface area contributed by atoms with Crippen LogP contribution in [0.15, 0.2) is 42.5 Å². The fourth-order valence-electron chi connectivity index (χ4n) is 3.96. The van der Waals surface area contributed by atoms with Gasteiger partial charge in [0.15, 0.2) is 0 Å². The zero-order chi connectivity index (χ0) is 18.1. The summed E-state index contributed by atoms with van der Waals surface area (Å²) in [5, 5.41) is 2.72. The number of nitrogens with one attached hydrogen (secondary N) is 1. The van der Waals surface area contributed by atoms with E-state index >= 15 is 0 Å². The number of fused-ring (bicyclic) bond motifs is 1. The molecule has 1 aliphatic heterocycles. The van der Waals surface area contributed by atoms with Crippen LogP contribution in [0, 0.1) is 5.82 Å². The minimum atomic E-state index is -0.608. The molecule has 4 rings (SSSR count). The van der Waals surface area contributed by atoms with Crippen LogP contribution in [0.5, 0.6) is 0 Å². The van der Waals surface area contributed by atoms with Crippen LogP contribution in [-0.2, 0) is 22.4 Å². The zero-order valence-electron chi connectivity index (χ0n) is 14.5. The molecule has 26 heavy (non-hydrogen) atoms. The van der Waals surface area contributed by atoms with Gasteiger partial charge >= 0.3 is 11.8 Å². The number of carbonyl (C=O) groups excluding carboxylic acids is 2. The van der Waals surface area contributed by atoms with Gasteiger partial charge in [-0.1, -0.05) is 18.2 Å². The number of hydrogen-bond acceptors (Lipinski definition) is 2. The maximum Gasteiger partial charge on any atom is 0.313 e. The third-order valence-corrected chi connectivity index (χ3v) is 5.35. The third kappa shape index (κ3) is 3.34. The highest BCUT2D eigenvalue weighted by Crippen LogP contribution is 2.28. The van der Waals surface area contributed by atoms with E-state index < -0.39 is 11.8 Å².